The van der Waals surface area contributed by atoms with Crippen LogP contribution >= 0.6 is 11.8 Å². The van der Waals surface area contributed by atoms with Crippen LogP contribution in [0.5, 0.6) is 0 Å². The summed E-state index contributed by atoms with van der Waals surface area (Å²) < 4.78 is 0. The summed E-state index contributed by atoms with van der Waals surface area (Å²) in [7, 11) is 0. The van der Waals surface area contributed by atoms with Crippen LogP contribution in [0.2, 0.25) is 0 Å². The molecule has 0 aliphatic carbocycles. The fraction of sp³-hybridized carbons (Fsp3) is 0.588. The number of rotatable bonds is 5. The lowest BCUT2D eigenvalue weighted by molar-refractivity contribution is -0.384. The zero-order valence-corrected chi connectivity index (χ0v) is 14.7. The van der Waals surface area contributed by atoms with Crippen molar-refractivity contribution in [1.82, 2.24) is 10.2 Å². The molecule has 2 saturated heterocycles. The molecule has 2 aliphatic rings. The second-order valence-corrected chi connectivity index (χ2v) is 7.64. The monoisotopic (exact) mass is 349 g/mol. The molecule has 2 atom stereocenters. The molecular formula is C17H23N3O3S. The zero-order chi connectivity index (χ0) is 17.1. The highest BCUT2D eigenvalue weighted by Crippen LogP contribution is 2.29. The molecule has 3 rings (SSSR count). The summed E-state index contributed by atoms with van der Waals surface area (Å²) in [6.45, 7) is 4.15. The Labute approximate surface area is 146 Å². The second-order valence-electron chi connectivity index (χ2n) is 6.34. The van der Waals surface area contributed by atoms with Gasteiger partial charge in [-0.25, -0.2) is 0 Å². The van der Waals surface area contributed by atoms with Crippen molar-refractivity contribution >= 4 is 23.4 Å². The number of nitrogens with one attached hydrogen (secondary N) is 1. The van der Waals surface area contributed by atoms with Crippen LogP contribution in [0, 0.1) is 10.1 Å². The molecule has 0 radical (unpaired) electrons. The van der Waals surface area contributed by atoms with Gasteiger partial charge in [0.05, 0.1) is 10.5 Å². The van der Waals surface area contributed by atoms with Crippen LogP contribution in [0.1, 0.15) is 43.0 Å². The first-order valence-corrected chi connectivity index (χ1v) is 9.55. The van der Waals surface area contributed by atoms with E-state index < -0.39 is 4.92 Å². The maximum atomic E-state index is 12.8. The molecule has 1 aromatic rings. The summed E-state index contributed by atoms with van der Waals surface area (Å²) in [5.41, 5.74) is 0.386. The number of nitro benzene ring substituents is 1. The summed E-state index contributed by atoms with van der Waals surface area (Å²) in [4.78, 5) is 26.6. The Morgan fingerprint density at radius 1 is 1.38 bits per heavy atom. The molecule has 24 heavy (non-hydrogen) atoms. The summed E-state index contributed by atoms with van der Waals surface area (Å²) in [6.07, 6.45) is 4.53. The van der Waals surface area contributed by atoms with E-state index in [1.807, 2.05) is 6.92 Å². The van der Waals surface area contributed by atoms with Crippen LogP contribution in [0.25, 0.3) is 0 Å². The molecule has 1 amide bonds. The lowest BCUT2D eigenvalue weighted by atomic mass is 9.99. The van der Waals surface area contributed by atoms with Gasteiger partial charge in [0.2, 0.25) is 0 Å². The number of hydrogen-bond donors (Lipinski definition) is 1. The number of nitrogens with zero attached hydrogens (tertiary/aromatic N) is 2. The number of non-ortho nitro benzene ring substituents is 1. The largest absolute Gasteiger partial charge is 0.348 e. The Balaban J connectivity index is 1.78. The fourth-order valence-electron chi connectivity index (χ4n) is 3.75. The number of piperidine rings is 1. The number of fused-ring (bicyclic) bond motifs is 1. The smallest absolute Gasteiger partial charge is 0.270 e. The maximum absolute atomic E-state index is 12.8. The predicted molar refractivity (Wildman–Crippen MR) is 94.6 cm³/mol. The Bertz CT molecular complexity index is 638. The summed E-state index contributed by atoms with van der Waals surface area (Å²) in [5, 5.41) is 14.2. The van der Waals surface area contributed by atoms with Crippen LogP contribution in [-0.4, -0.2) is 46.7 Å². The van der Waals surface area contributed by atoms with Crippen LogP contribution < -0.4 is 5.32 Å². The predicted octanol–water partition coefficient (Wildman–Crippen LogP) is 3.06. The third kappa shape index (κ3) is 3.57. The summed E-state index contributed by atoms with van der Waals surface area (Å²) in [5.74, 6) is 0.629. The Morgan fingerprint density at radius 3 is 2.96 bits per heavy atom. The molecule has 0 bridgehead atoms. The van der Waals surface area contributed by atoms with Gasteiger partial charge in [-0.05, 0) is 37.6 Å². The summed E-state index contributed by atoms with van der Waals surface area (Å²) in [6, 6.07) is 5.12. The average molecular weight is 349 g/mol. The van der Waals surface area contributed by atoms with Crippen molar-refractivity contribution in [3.05, 3.63) is 33.9 Å². The maximum Gasteiger partial charge on any atom is 0.270 e. The Morgan fingerprint density at radius 2 is 2.21 bits per heavy atom. The molecule has 2 aliphatic heterocycles. The van der Waals surface area contributed by atoms with Crippen LogP contribution in [0.15, 0.2) is 23.1 Å². The molecule has 0 unspecified atom stereocenters. The van der Waals surface area contributed by atoms with E-state index in [4.69, 9.17) is 0 Å². The minimum atomic E-state index is -0.449. The van der Waals surface area contributed by atoms with Gasteiger partial charge in [-0.2, -0.15) is 0 Å². The SMILES string of the molecule is CCSc1ccc([N+](=O)[O-])cc1C(=O)N[C@H]1CCN2CCCC[C@H]12. The molecule has 2 fully saturated rings. The first-order valence-electron chi connectivity index (χ1n) is 8.56. The lowest BCUT2D eigenvalue weighted by Crippen LogP contribution is -2.46. The van der Waals surface area contributed by atoms with E-state index in [1.165, 1.54) is 36.7 Å². The first kappa shape index (κ1) is 17.2. The third-order valence-electron chi connectivity index (χ3n) is 4.89. The van der Waals surface area contributed by atoms with E-state index >= 15 is 0 Å². The molecule has 130 valence electrons. The van der Waals surface area contributed by atoms with E-state index in [2.05, 4.69) is 10.2 Å². The zero-order valence-electron chi connectivity index (χ0n) is 13.9. The van der Waals surface area contributed by atoms with E-state index in [9.17, 15) is 14.9 Å². The van der Waals surface area contributed by atoms with Gasteiger partial charge in [0.1, 0.15) is 0 Å². The Hall–Kier alpha value is -1.60. The van der Waals surface area contributed by atoms with Gasteiger partial charge < -0.3 is 5.32 Å². The molecule has 2 heterocycles. The van der Waals surface area contributed by atoms with Crippen LogP contribution in [0.3, 0.4) is 0 Å². The minimum absolute atomic E-state index is 0.0358. The molecule has 0 aromatic heterocycles. The molecule has 0 saturated carbocycles. The summed E-state index contributed by atoms with van der Waals surface area (Å²) >= 11 is 1.54. The Kier molecular flexibility index (Phi) is 5.40. The van der Waals surface area contributed by atoms with E-state index in [0.717, 1.165) is 36.6 Å². The molecule has 0 spiro atoms. The number of amides is 1. The van der Waals surface area contributed by atoms with Crippen LogP contribution in [-0.2, 0) is 0 Å². The van der Waals surface area contributed by atoms with Gasteiger partial charge >= 0.3 is 0 Å². The van der Waals surface area contributed by atoms with E-state index in [-0.39, 0.29) is 17.6 Å². The number of carbonyl (C=O) groups excluding carboxylic acids is 1. The van der Waals surface area contributed by atoms with Gasteiger partial charge in [0.25, 0.3) is 11.6 Å². The van der Waals surface area contributed by atoms with Gasteiger partial charge in [-0.15, -0.1) is 11.8 Å². The van der Waals surface area contributed by atoms with Crippen molar-refractivity contribution in [3.8, 4) is 0 Å². The number of nitro groups is 1. The first-order chi connectivity index (χ1) is 11.6. The van der Waals surface area contributed by atoms with Gasteiger partial charge in [0.15, 0.2) is 0 Å². The van der Waals surface area contributed by atoms with E-state index in [0.29, 0.717) is 11.6 Å². The highest BCUT2D eigenvalue weighted by atomic mass is 32.2. The lowest BCUT2D eigenvalue weighted by Gasteiger charge is -2.32. The average Bonchev–Trinajstić information content (AvgIpc) is 2.98. The van der Waals surface area contributed by atoms with Crippen LogP contribution in [0.4, 0.5) is 5.69 Å². The van der Waals surface area contributed by atoms with Crippen molar-refractivity contribution in [2.24, 2.45) is 0 Å². The van der Waals surface area contributed by atoms with Gasteiger partial charge in [-0.1, -0.05) is 13.3 Å². The minimum Gasteiger partial charge on any atom is -0.348 e. The second kappa shape index (κ2) is 7.53. The number of benzene rings is 1. The third-order valence-corrected chi connectivity index (χ3v) is 5.85. The van der Waals surface area contributed by atoms with Crippen molar-refractivity contribution in [1.29, 1.82) is 0 Å². The highest BCUT2D eigenvalue weighted by Gasteiger charge is 2.36. The fourth-order valence-corrected chi connectivity index (χ4v) is 4.53. The van der Waals surface area contributed by atoms with Crippen molar-refractivity contribution in [2.75, 3.05) is 18.8 Å². The van der Waals surface area contributed by atoms with Gasteiger partial charge in [-0.3, -0.25) is 19.8 Å². The molecule has 1 aromatic carbocycles. The van der Waals surface area contributed by atoms with Gasteiger partial charge in [0, 0.05) is 35.7 Å². The van der Waals surface area contributed by atoms with E-state index in [1.54, 1.807) is 6.07 Å². The number of hydrogen-bond acceptors (Lipinski definition) is 5. The molecule has 7 heteroatoms. The molecule has 6 nitrogen and oxygen atoms in total. The molecule has 1 N–H and O–H groups in total. The number of thioether (sulfide) groups is 1. The number of carbonyl (C=O) groups is 1. The molecular weight excluding hydrogens is 326 g/mol. The highest BCUT2D eigenvalue weighted by molar-refractivity contribution is 7.99. The van der Waals surface area contributed by atoms with Crippen molar-refractivity contribution in [3.63, 3.8) is 0 Å². The van der Waals surface area contributed by atoms with Crippen molar-refractivity contribution in [2.45, 2.75) is 49.6 Å². The standard InChI is InChI=1S/C17H23N3O3S/c1-2-24-16-7-6-12(20(22)23)11-13(16)17(21)18-14-8-10-19-9-4-3-5-15(14)19/h6-7,11,14-15H,2-5,8-10H2,1H3,(H,18,21)/t14-,15+/m0/s1. The quantitative estimate of drug-likeness (QED) is 0.502. The van der Waals surface area contributed by atoms with Crippen molar-refractivity contribution < 1.29 is 9.72 Å². The topological polar surface area (TPSA) is 75.5 Å². The normalized spacial score (nSPS) is 23.7.